The first-order chi connectivity index (χ1) is 9.19. The van der Waals surface area contributed by atoms with E-state index in [1.165, 1.54) is 25.7 Å². The van der Waals surface area contributed by atoms with Crippen LogP contribution in [0.25, 0.3) is 0 Å². The number of aryl methyl sites for hydroxylation is 1. The van der Waals surface area contributed by atoms with Crippen LogP contribution in [0, 0.1) is 5.92 Å². The molecule has 0 bridgehead atoms. The summed E-state index contributed by atoms with van der Waals surface area (Å²) >= 11 is 1.71. The Kier molecular flexibility index (Phi) is 5.25. The van der Waals surface area contributed by atoms with Crippen molar-refractivity contribution in [3.05, 3.63) is 23.4 Å². The lowest BCUT2D eigenvalue weighted by molar-refractivity contribution is 0.0696. The Morgan fingerprint density at radius 3 is 2.79 bits per heavy atom. The predicted molar refractivity (Wildman–Crippen MR) is 77.9 cm³/mol. The maximum Gasteiger partial charge on any atom is 0.335 e. The summed E-state index contributed by atoms with van der Waals surface area (Å²) in [4.78, 5) is 15.7. The highest BCUT2D eigenvalue weighted by atomic mass is 32.2. The maximum atomic E-state index is 11.1. The third kappa shape index (κ3) is 4.23. The molecule has 2 rings (SSSR count). The molecular formula is C15H21NO2S. The average Bonchev–Trinajstić information content (AvgIpc) is 2.89. The Hall–Kier alpha value is -1.03. The number of rotatable bonds is 6. The highest BCUT2D eigenvalue weighted by Crippen LogP contribution is 2.30. The SMILES string of the molecule is CCCc1cc(C(=O)O)cc(SCC2CCCC2)n1. The number of aromatic carboxylic acids is 1. The zero-order valence-corrected chi connectivity index (χ0v) is 12.2. The zero-order valence-electron chi connectivity index (χ0n) is 11.4. The van der Waals surface area contributed by atoms with E-state index in [1.807, 2.05) is 0 Å². The topological polar surface area (TPSA) is 50.2 Å². The molecule has 0 unspecified atom stereocenters. The first-order valence-electron chi connectivity index (χ1n) is 7.06. The molecule has 1 saturated carbocycles. The smallest absolute Gasteiger partial charge is 0.335 e. The van der Waals surface area contributed by atoms with Crippen LogP contribution in [0.3, 0.4) is 0 Å². The standard InChI is InChI=1S/C15H21NO2S/c1-2-5-13-8-12(15(17)18)9-14(16-13)19-10-11-6-3-4-7-11/h8-9,11H,2-7,10H2,1H3,(H,17,18). The van der Waals surface area contributed by atoms with E-state index in [4.69, 9.17) is 5.11 Å². The Morgan fingerprint density at radius 2 is 2.16 bits per heavy atom. The van der Waals surface area contributed by atoms with Crippen molar-refractivity contribution in [2.45, 2.75) is 50.5 Å². The fraction of sp³-hybridized carbons (Fsp3) is 0.600. The van der Waals surface area contributed by atoms with E-state index in [2.05, 4.69) is 11.9 Å². The summed E-state index contributed by atoms with van der Waals surface area (Å²) in [5.74, 6) is 0.999. The molecule has 1 heterocycles. The maximum absolute atomic E-state index is 11.1. The van der Waals surface area contributed by atoms with Gasteiger partial charge in [0.2, 0.25) is 0 Å². The van der Waals surface area contributed by atoms with Crippen molar-refractivity contribution in [1.29, 1.82) is 0 Å². The fourth-order valence-electron chi connectivity index (χ4n) is 2.52. The van der Waals surface area contributed by atoms with E-state index in [-0.39, 0.29) is 0 Å². The van der Waals surface area contributed by atoms with Crippen molar-refractivity contribution in [2.24, 2.45) is 5.92 Å². The van der Waals surface area contributed by atoms with E-state index in [1.54, 1.807) is 23.9 Å². The summed E-state index contributed by atoms with van der Waals surface area (Å²) < 4.78 is 0. The highest BCUT2D eigenvalue weighted by molar-refractivity contribution is 7.99. The number of hydrogen-bond acceptors (Lipinski definition) is 3. The number of hydrogen-bond donors (Lipinski definition) is 1. The van der Waals surface area contributed by atoms with E-state index >= 15 is 0 Å². The van der Waals surface area contributed by atoms with Crippen LogP contribution in [0.1, 0.15) is 55.1 Å². The molecule has 4 heteroatoms. The van der Waals surface area contributed by atoms with Gasteiger partial charge in [0.25, 0.3) is 0 Å². The van der Waals surface area contributed by atoms with E-state index in [0.717, 1.165) is 35.2 Å². The molecule has 104 valence electrons. The van der Waals surface area contributed by atoms with Crippen molar-refractivity contribution >= 4 is 17.7 Å². The van der Waals surface area contributed by atoms with Crippen LogP contribution >= 0.6 is 11.8 Å². The van der Waals surface area contributed by atoms with Crippen LogP contribution in [-0.2, 0) is 6.42 Å². The monoisotopic (exact) mass is 279 g/mol. The molecule has 1 aliphatic carbocycles. The minimum Gasteiger partial charge on any atom is -0.478 e. The van der Waals surface area contributed by atoms with Crippen molar-refractivity contribution < 1.29 is 9.90 Å². The first-order valence-corrected chi connectivity index (χ1v) is 8.04. The van der Waals surface area contributed by atoms with E-state index < -0.39 is 5.97 Å². The minimum absolute atomic E-state index is 0.368. The van der Waals surface area contributed by atoms with Crippen molar-refractivity contribution in [3.8, 4) is 0 Å². The second kappa shape index (κ2) is 6.94. The molecule has 1 N–H and O–H groups in total. The van der Waals surface area contributed by atoms with Gasteiger partial charge in [0.05, 0.1) is 10.6 Å². The lowest BCUT2D eigenvalue weighted by Gasteiger charge is -2.09. The number of carbonyl (C=O) groups is 1. The molecule has 1 fully saturated rings. The predicted octanol–water partition coefficient (Wildman–Crippen LogP) is 4.01. The quantitative estimate of drug-likeness (QED) is 0.799. The van der Waals surface area contributed by atoms with Crippen LogP contribution in [0.4, 0.5) is 0 Å². The molecule has 19 heavy (non-hydrogen) atoms. The van der Waals surface area contributed by atoms with Gasteiger partial charge in [-0.05, 0) is 37.3 Å². The largest absolute Gasteiger partial charge is 0.478 e. The molecule has 0 aromatic carbocycles. The zero-order chi connectivity index (χ0) is 13.7. The lowest BCUT2D eigenvalue weighted by Crippen LogP contribution is -2.03. The number of aromatic nitrogens is 1. The van der Waals surface area contributed by atoms with Gasteiger partial charge in [0.1, 0.15) is 0 Å². The van der Waals surface area contributed by atoms with Crippen molar-refractivity contribution in [3.63, 3.8) is 0 Å². The second-order valence-corrected chi connectivity index (χ2v) is 6.24. The normalized spacial score (nSPS) is 15.8. The summed E-state index contributed by atoms with van der Waals surface area (Å²) in [6, 6.07) is 3.41. The third-order valence-corrected chi connectivity index (χ3v) is 4.69. The summed E-state index contributed by atoms with van der Waals surface area (Å²) in [7, 11) is 0. The average molecular weight is 279 g/mol. The molecule has 0 atom stereocenters. The van der Waals surface area contributed by atoms with Crippen LogP contribution < -0.4 is 0 Å². The molecule has 1 aromatic heterocycles. The molecular weight excluding hydrogens is 258 g/mol. The summed E-state index contributed by atoms with van der Waals surface area (Å²) in [5, 5.41) is 10.0. The van der Waals surface area contributed by atoms with Gasteiger partial charge in [-0.15, -0.1) is 11.8 Å². The molecule has 0 saturated heterocycles. The lowest BCUT2D eigenvalue weighted by atomic mass is 10.1. The number of nitrogens with zero attached hydrogens (tertiary/aromatic N) is 1. The summed E-state index contributed by atoms with van der Waals surface area (Å²) in [6.45, 7) is 2.08. The van der Waals surface area contributed by atoms with Gasteiger partial charge in [-0.25, -0.2) is 9.78 Å². The Labute approximate surface area is 118 Å². The van der Waals surface area contributed by atoms with Gasteiger partial charge in [0.15, 0.2) is 0 Å². The Balaban J connectivity index is 2.06. The van der Waals surface area contributed by atoms with E-state index in [9.17, 15) is 4.79 Å². The van der Waals surface area contributed by atoms with Crippen LogP contribution in [0.5, 0.6) is 0 Å². The van der Waals surface area contributed by atoms with Crippen molar-refractivity contribution in [2.75, 3.05) is 5.75 Å². The molecule has 3 nitrogen and oxygen atoms in total. The van der Waals surface area contributed by atoms with Gasteiger partial charge in [-0.1, -0.05) is 26.2 Å². The number of thioether (sulfide) groups is 1. The Bertz CT molecular complexity index is 442. The van der Waals surface area contributed by atoms with Crippen LogP contribution in [-0.4, -0.2) is 21.8 Å². The number of pyridine rings is 1. The van der Waals surface area contributed by atoms with Crippen LogP contribution in [0.2, 0.25) is 0 Å². The number of carboxylic acid groups (broad SMARTS) is 1. The second-order valence-electron chi connectivity index (χ2n) is 5.20. The molecule has 1 aliphatic rings. The van der Waals surface area contributed by atoms with Gasteiger partial charge in [-0.2, -0.15) is 0 Å². The van der Waals surface area contributed by atoms with E-state index in [0.29, 0.717) is 5.56 Å². The Morgan fingerprint density at radius 1 is 1.42 bits per heavy atom. The van der Waals surface area contributed by atoms with Gasteiger partial charge < -0.3 is 5.11 Å². The molecule has 1 aromatic rings. The van der Waals surface area contributed by atoms with Gasteiger partial charge in [-0.3, -0.25) is 0 Å². The fourth-order valence-corrected chi connectivity index (χ4v) is 3.65. The minimum atomic E-state index is -0.859. The van der Waals surface area contributed by atoms with Gasteiger partial charge >= 0.3 is 5.97 Å². The molecule has 0 radical (unpaired) electrons. The summed E-state index contributed by atoms with van der Waals surface area (Å²) in [5.41, 5.74) is 1.27. The molecule has 0 amide bonds. The first kappa shape index (κ1) is 14.4. The molecule has 0 aliphatic heterocycles. The highest BCUT2D eigenvalue weighted by Gasteiger charge is 2.16. The van der Waals surface area contributed by atoms with Gasteiger partial charge in [0, 0.05) is 11.4 Å². The summed E-state index contributed by atoms with van der Waals surface area (Å²) in [6.07, 6.45) is 7.14. The number of carboxylic acids is 1. The molecule has 0 spiro atoms. The third-order valence-electron chi connectivity index (χ3n) is 3.55. The van der Waals surface area contributed by atoms with Crippen LogP contribution in [0.15, 0.2) is 17.2 Å². The van der Waals surface area contributed by atoms with Crippen molar-refractivity contribution in [1.82, 2.24) is 4.98 Å².